The third kappa shape index (κ3) is 7.03. The van der Waals surface area contributed by atoms with Crippen molar-refractivity contribution in [3.8, 4) is 5.75 Å². The summed E-state index contributed by atoms with van der Waals surface area (Å²) in [5.74, 6) is -1.88. The van der Waals surface area contributed by atoms with Gasteiger partial charge in [0.1, 0.15) is 5.75 Å². The van der Waals surface area contributed by atoms with Gasteiger partial charge in [-0.05, 0) is 41.8 Å². The molecule has 2 aromatic rings. The van der Waals surface area contributed by atoms with Crippen molar-refractivity contribution in [1.82, 2.24) is 0 Å². The smallest absolute Gasteiger partial charge is 0.411 e. The fraction of sp³-hybridized carbons (Fsp3) is 0.318. The van der Waals surface area contributed by atoms with E-state index in [4.69, 9.17) is 42.1 Å². The van der Waals surface area contributed by atoms with E-state index in [0.29, 0.717) is 28.4 Å². The SMILES string of the molecule is COC(=O)C(Cc1ccc(OC)c(CCOC(=O)Nc2ccc(Cl)cc2Cl)c1)C(=O)OC. The third-order valence-corrected chi connectivity index (χ3v) is 5.08. The molecule has 0 aliphatic carbocycles. The molecule has 0 heterocycles. The summed E-state index contributed by atoms with van der Waals surface area (Å²) in [4.78, 5) is 35.9. The summed E-state index contributed by atoms with van der Waals surface area (Å²) < 4.78 is 20.0. The number of ether oxygens (including phenoxy) is 4. The third-order valence-electron chi connectivity index (χ3n) is 4.53. The van der Waals surface area contributed by atoms with Gasteiger partial charge in [-0.3, -0.25) is 14.9 Å². The van der Waals surface area contributed by atoms with Crippen LogP contribution in [-0.4, -0.2) is 46.0 Å². The lowest BCUT2D eigenvalue weighted by Gasteiger charge is -2.15. The second kappa shape index (κ2) is 12.2. The van der Waals surface area contributed by atoms with Gasteiger partial charge in [-0.1, -0.05) is 35.3 Å². The number of nitrogens with one attached hydrogen (secondary N) is 1. The molecule has 0 unspecified atom stereocenters. The average molecular weight is 484 g/mol. The van der Waals surface area contributed by atoms with Gasteiger partial charge in [-0.25, -0.2) is 4.79 Å². The van der Waals surface area contributed by atoms with E-state index < -0.39 is 23.9 Å². The predicted molar refractivity (Wildman–Crippen MR) is 119 cm³/mol. The number of hydrogen-bond donors (Lipinski definition) is 1. The topological polar surface area (TPSA) is 100 Å². The summed E-state index contributed by atoms with van der Waals surface area (Å²) in [6.07, 6.45) is -0.257. The van der Waals surface area contributed by atoms with E-state index in [1.807, 2.05) is 0 Å². The zero-order chi connectivity index (χ0) is 23.7. The minimum atomic E-state index is -1.09. The van der Waals surface area contributed by atoms with E-state index in [0.717, 1.165) is 5.56 Å². The van der Waals surface area contributed by atoms with Crippen LogP contribution in [0.3, 0.4) is 0 Å². The number of anilines is 1. The van der Waals surface area contributed by atoms with E-state index in [1.165, 1.54) is 27.4 Å². The van der Waals surface area contributed by atoms with Crippen LogP contribution in [0, 0.1) is 5.92 Å². The summed E-state index contributed by atoms with van der Waals surface area (Å²) in [7, 11) is 3.93. The quantitative estimate of drug-likeness (QED) is 0.322. The summed E-state index contributed by atoms with van der Waals surface area (Å²) in [6, 6.07) is 9.88. The van der Waals surface area contributed by atoms with Crippen LogP contribution in [-0.2, 0) is 36.6 Å². The Kier molecular flexibility index (Phi) is 9.61. The summed E-state index contributed by atoms with van der Waals surface area (Å²) in [5, 5.41) is 3.28. The largest absolute Gasteiger partial charge is 0.496 e. The maximum atomic E-state index is 12.1. The molecule has 1 N–H and O–H groups in total. The molecule has 32 heavy (non-hydrogen) atoms. The van der Waals surface area contributed by atoms with Crippen molar-refractivity contribution < 1.29 is 33.3 Å². The number of carbonyl (C=O) groups is 3. The molecule has 0 atom stereocenters. The molecule has 0 saturated heterocycles. The van der Waals surface area contributed by atoms with Crippen LogP contribution in [0.15, 0.2) is 36.4 Å². The minimum Gasteiger partial charge on any atom is -0.496 e. The van der Waals surface area contributed by atoms with Gasteiger partial charge in [-0.2, -0.15) is 0 Å². The first-order valence-corrected chi connectivity index (χ1v) is 10.2. The number of halogens is 2. The van der Waals surface area contributed by atoms with E-state index in [2.05, 4.69) is 5.32 Å². The molecule has 0 bridgehead atoms. The molecule has 0 aliphatic heterocycles. The molecule has 0 radical (unpaired) electrons. The number of benzene rings is 2. The van der Waals surface area contributed by atoms with E-state index in [9.17, 15) is 14.4 Å². The van der Waals surface area contributed by atoms with Crippen molar-refractivity contribution in [3.63, 3.8) is 0 Å². The van der Waals surface area contributed by atoms with Crippen molar-refractivity contribution in [1.29, 1.82) is 0 Å². The number of hydrogen-bond acceptors (Lipinski definition) is 7. The zero-order valence-corrected chi connectivity index (χ0v) is 19.3. The lowest BCUT2D eigenvalue weighted by Crippen LogP contribution is -2.28. The molecule has 2 aromatic carbocycles. The van der Waals surface area contributed by atoms with Crippen LogP contribution in [0.2, 0.25) is 10.0 Å². The van der Waals surface area contributed by atoms with Gasteiger partial charge in [0.15, 0.2) is 5.92 Å². The van der Waals surface area contributed by atoms with Crippen LogP contribution in [0.4, 0.5) is 10.5 Å². The van der Waals surface area contributed by atoms with Gasteiger partial charge < -0.3 is 18.9 Å². The Balaban J connectivity index is 2.03. The highest BCUT2D eigenvalue weighted by atomic mass is 35.5. The van der Waals surface area contributed by atoms with Gasteiger partial charge in [0.2, 0.25) is 0 Å². The van der Waals surface area contributed by atoms with Crippen LogP contribution in [0.1, 0.15) is 11.1 Å². The fourth-order valence-electron chi connectivity index (χ4n) is 2.93. The van der Waals surface area contributed by atoms with Gasteiger partial charge in [0.05, 0.1) is 38.6 Å². The zero-order valence-electron chi connectivity index (χ0n) is 17.8. The van der Waals surface area contributed by atoms with Crippen molar-refractivity contribution >= 4 is 46.9 Å². The first-order chi connectivity index (χ1) is 15.3. The van der Waals surface area contributed by atoms with Gasteiger partial charge in [0.25, 0.3) is 0 Å². The Morgan fingerprint density at radius 3 is 2.25 bits per heavy atom. The molecule has 2 rings (SSSR count). The molecule has 0 saturated carbocycles. The van der Waals surface area contributed by atoms with E-state index in [-0.39, 0.29) is 18.1 Å². The Morgan fingerprint density at radius 2 is 1.66 bits per heavy atom. The van der Waals surface area contributed by atoms with Crippen molar-refractivity contribution in [2.75, 3.05) is 33.3 Å². The Labute approximate surface area is 195 Å². The molecule has 0 spiro atoms. The molecule has 10 heteroatoms. The molecule has 8 nitrogen and oxygen atoms in total. The molecule has 0 aromatic heterocycles. The number of methoxy groups -OCH3 is 3. The highest BCUT2D eigenvalue weighted by Gasteiger charge is 2.29. The highest BCUT2D eigenvalue weighted by molar-refractivity contribution is 6.36. The highest BCUT2D eigenvalue weighted by Crippen LogP contribution is 2.26. The maximum absolute atomic E-state index is 12.1. The first kappa shape index (κ1) is 25.3. The van der Waals surface area contributed by atoms with Crippen LogP contribution < -0.4 is 10.1 Å². The number of rotatable bonds is 9. The molecule has 172 valence electrons. The minimum absolute atomic E-state index is 0.0499. The Morgan fingerprint density at radius 1 is 0.969 bits per heavy atom. The predicted octanol–water partition coefficient (Wildman–Crippen LogP) is 4.30. The Bertz CT molecular complexity index is 965. The maximum Gasteiger partial charge on any atom is 0.411 e. The van der Waals surface area contributed by atoms with Crippen molar-refractivity contribution in [2.45, 2.75) is 12.8 Å². The second-order valence-corrected chi connectivity index (χ2v) is 7.43. The monoisotopic (exact) mass is 483 g/mol. The van der Waals surface area contributed by atoms with Crippen molar-refractivity contribution in [3.05, 3.63) is 57.6 Å². The van der Waals surface area contributed by atoms with Gasteiger partial charge >= 0.3 is 18.0 Å². The summed E-state index contributed by atoms with van der Waals surface area (Å²) in [5.41, 5.74) is 1.80. The second-order valence-electron chi connectivity index (χ2n) is 6.58. The molecule has 1 amide bonds. The van der Waals surface area contributed by atoms with Gasteiger partial charge in [-0.15, -0.1) is 0 Å². The Hall–Kier alpha value is -2.97. The molecular formula is C22H23Cl2NO7. The molecular weight excluding hydrogens is 461 g/mol. The van der Waals surface area contributed by atoms with E-state index in [1.54, 1.807) is 30.3 Å². The van der Waals surface area contributed by atoms with Crippen molar-refractivity contribution in [2.24, 2.45) is 5.92 Å². The summed E-state index contributed by atoms with van der Waals surface area (Å²) >= 11 is 11.9. The number of carbonyl (C=O) groups excluding carboxylic acids is 3. The van der Waals surface area contributed by atoms with E-state index >= 15 is 0 Å². The average Bonchev–Trinajstić information content (AvgIpc) is 2.78. The van der Waals surface area contributed by atoms with Crippen LogP contribution >= 0.6 is 23.2 Å². The first-order valence-electron chi connectivity index (χ1n) is 9.49. The summed E-state index contributed by atoms with van der Waals surface area (Å²) in [6.45, 7) is 0.0499. The lowest BCUT2D eigenvalue weighted by molar-refractivity contribution is -0.158. The molecule has 0 fully saturated rings. The number of esters is 2. The lowest BCUT2D eigenvalue weighted by atomic mass is 9.97. The fourth-order valence-corrected chi connectivity index (χ4v) is 3.38. The van der Waals surface area contributed by atoms with Crippen LogP contribution in [0.25, 0.3) is 0 Å². The normalized spacial score (nSPS) is 10.4. The number of amides is 1. The molecule has 0 aliphatic rings. The van der Waals surface area contributed by atoms with Gasteiger partial charge in [0, 0.05) is 11.4 Å². The standard InChI is InChI=1S/C22H23Cl2NO7/c1-29-19-7-4-13(11-16(20(26)30-2)21(27)31-3)10-14(19)8-9-32-22(28)25-18-6-5-15(23)12-17(18)24/h4-7,10,12,16H,8-9,11H2,1-3H3,(H,25,28). The van der Waals surface area contributed by atoms with Crippen LogP contribution in [0.5, 0.6) is 5.75 Å².